The van der Waals surface area contributed by atoms with E-state index in [9.17, 15) is 19.5 Å². The molecule has 0 aliphatic carbocycles. The van der Waals surface area contributed by atoms with Crippen LogP contribution in [0.5, 0.6) is 5.75 Å². The van der Waals surface area contributed by atoms with E-state index in [1.807, 2.05) is 60.7 Å². The van der Waals surface area contributed by atoms with Crippen molar-refractivity contribution in [1.82, 2.24) is 14.9 Å². The Morgan fingerprint density at radius 1 is 1.00 bits per heavy atom. The van der Waals surface area contributed by atoms with Gasteiger partial charge in [-0.1, -0.05) is 60.7 Å². The standard InChI is InChI=1S/C27H25N3O5/c31-23(32)12-7-14-28-26(34)24-25(33)21-16-20(19-10-5-2-6-11-19)27(35)30(22(21)17-29-24)15-13-18-8-3-1-4-9-18/h1-6,8-11,16-17,33H,7,12-15H2,(H,28,34)(H,31,32). The first-order valence-electron chi connectivity index (χ1n) is 11.3. The number of nitrogens with one attached hydrogen (secondary N) is 1. The normalized spacial score (nSPS) is 10.9. The predicted molar refractivity (Wildman–Crippen MR) is 132 cm³/mol. The van der Waals surface area contributed by atoms with E-state index < -0.39 is 11.9 Å². The number of aryl methyl sites for hydroxylation is 2. The maximum atomic E-state index is 13.5. The Morgan fingerprint density at radius 2 is 1.69 bits per heavy atom. The number of aliphatic carboxylic acids is 1. The average Bonchev–Trinajstić information content (AvgIpc) is 2.87. The number of hydrogen-bond acceptors (Lipinski definition) is 5. The molecule has 0 atom stereocenters. The Bertz CT molecular complexity index is 1420. The molecule has 35 heavy (non-hydrogen) atoms. The van der Waals surface area contributed by atoms with E-state index in [2.05, 4.69) is 10.3 Å². The Morgan fingerprint density at radius 3 is 2.37 bits per heavy atom. The lowest BCUT2D eigenvalue weighted by Gasteiger charge is -2.15. The highest BCUT2D eigenvalue weighted by atomic mass is 16.4. The van der Waals surface area contributed by atoms with Crippen LogP contribution in [0.15, 0.2) is 77.7 Å². The van der Waals surface area contributed by atoms with E-state index in [1.54, 1.807) is 10.6 Å². The van der Waals surface area contributed by atoms with Crippen molar-refractivity contribution in [2.24, 2.45) is 0 Å². The van der Waals surface area contributed by atoms with Crippen LogP contribution in [0.25, 0.3) is 22.0 Å². The minimum atomic E-state index is -0.951. The van der Waals surface area contributed by atoms with Crippen molar-refractivity contribution in [2.75, 3.05) is 6.54 Å². The molecular formula is C27H25N3O5. The van der Waals surface area contributed by atoms with Gasteiger partial charge in [0.1, 0.15) is 0 Å². The topological polar surface area (TPSA) is 122 Å². The summed E-state index contributed by atoms with van der Waals surface area (Å²) in [6, 6.07) is 20.5. The molecule has 0 saturated carbocycles. The number of carboxylic acid groups (broad SMARTS) is 1. The number of hydrogen-bond donors (Lipinski definition) is 3. The van der Waals surface area contributed by atoms with Crippen molar-refractivity contribution >= 4 is 22.8 Å². The summed E-state index contributed by atoms with van der Waals surface area (Å²) in [5, 5.41) is 22.7. The average molecular weight is 472 g/mol. The summed E-state index contributed by atoms with van der Waals surface area (Å²) < 4.78 is 1.58. The molecule has 8 nitrogen and oxygen atoms in total. The third-order valence-corrected chi connectivity index (χ3v) is 5.75. The molecule has 0 spiro atoms. The van der Waals surface area contributed by atoms with Gasteiger partial charge in [-0.05, 0) is 30.0 Å². The fourth-order valence-corrected chi connectivity index (χ4v) is 3.95. The number of carbonyl (C=O) groups is 2. The first-order chi connectivity index (χ1) is 17.0. The van der Waals surface area contributed by atoms with Crippen LogP contribution in [0.1, 0.15) is 28.9 Å². The van der Waals surface area contributed by atoms with E-state index in [4.69, 9.17) is 5.11 Å². The zero-order valence-corrected chi connectivity index (χ0v) is 19.0. The van der Waals surface area contributed by atoms with Crippen molar-refractivity contribution in [3.8, 4) is 16.9 Å². The van der Waals surface area contributed by atoms with E-state index in [1.165, 1.54) is 6.20 Å². The molecule has 0 saturated heterocycles. The molecule has 2 aromatic heterocycles. The molecule has 0 radical (unpaired) electrons. The monoisotopic (exact) mass is 471 g/mol. The number of benzene rings is 2. The zero-order valence-electron chi connectivity index (χ0n) is 19.0. The fourth-order valence-electron chi connectivity index (χ4n) is 3.95. The van der Waals surface area contributed by atoms with Gasteiger partial charge >= 0.3 is 5.97 Å². The molecule has 8 heteroatoms. The second kappa shape index (κ2) is 10.6. The van der Waals surface area contributed by atoms with Gasteiger partial charge in [-0.2, -0.15) is 0 Å². The van der Waals surface area contributed by atoms with Crippen LogP contribution in [0.2, 0.25) is 0 Å². The second-order valence-corrected chi connectivity index (χ2v) is 8.12. The molecule has 4 aromatic rings. The SMILES string of the molecule is O=C(O)CCCNC(=O)c1ncc2c(cc(-c3ccccc3)c(=O)n2CCc2ccccc2)c1O. The van der Waals surface area contributed by atoms with Gasteiger partial charge in [0, 0.05) is 30.5 Å². The molecule has 0 bridgehead atoms. The Hall–Kier alpha value is -4.46. The number of nitrogens with zero attached hydrogens (tertiary/aromatic N) is 2. The lowest BCUT2D eigenvalue weighted by Crippen LogP contribution is -2.27. The minimum Gasteiger partial charge on any atom is -0.505 e. The lowest BCUT2D eigenvalue weighted by atomic mass is 10.0. The van der Waals surface area contributed by atoms with Gasteiger partial charge in [0.25, 0.3) is 11.5 Å². The quantitative estimate of drug-likeness (QED) is 0.321. The van der Waals surface area contributed by atoms with Gasteiger partial charge in [-0.15, -0.1) is 0 Å². The number of carbonyl (C=O) groups excluding carboxylic acids is 1. The van der Waals surface area contributed by atoms with Crippen LogP contribution < -0.4 is 10.9 Å². The molecule has 0 aliphatic rings. The molecule has 3 N–H and O–H groups in total. The summed E-state index contributed by atoms with van der Waals surface area (Å²) >= 11 is 0. The molecular weight excluding hydrogens is 446 g/mol. The van der Waals surface area contributed by atoms with Crippen molar-refractivity contribution in [3.63, 3.8) is 0 Å². The number of aromatic hydroxyl groups is 1. The Labute approximate surface area is 201 Å². The number of aromatic nitrogens is 2. The van der Waals surface area contributed by atoms with Crippen LogP contribution in [-0.2, 0) is 17.8 Å². The summed E-state index contributed by atoms with van der Waals surface area (Å²) in [5.41, 5.74) is 2.19. The van der Waals surface area contributed by atoms with Crippen LogP contribution in [0.3, 0.4) is 0 Å². The van der Waals surface area contributed by atoms with Crippen LogP contribution >= 0.6 is 0 Å². The van der Waals surface area contributed by atoms with Gasteiger partial charge < -0.3 is 20.1 Å². The highest BCUT2D eigenvalue weighted by Gasteiger charge is 2.20. The minimum absolute atomic E-state index is 0.0778. The molecule has 0 fully saturated rings. The molecule has 0 unspecified atom stereocenters. The molecule has 2 aromatic carbocycles. The van der Waals surface area contributed by atoms with Crippen LogP contribution in [0, 0.1) is 0 Å². The summed E-state index contributed by atoms with van der Waals surface area (Å²) in [6.45, 7) is 0.498. The van der Waals surface area contributed by atoms with Crippen LogP contribution in [0.4, 0.5) is 0 Å². The molecule has 2 heterocycles. The maximum absolute atomic E-state index is 13.5. The number of pyridine rings is 2. The Kier molecular flexibility index (Phi) is 7.21. The first-order valence-corrected chi connectivity index (χ1v) is 11.3. The largest absolute Gasteiger partial charge is 0.505 e. The summed E-state index contributed by atoms with van der Waals surface area (Å²) in [6.07, 6.45) is 2.20. The lowest BCUT2D eigenvalue weighted by molar-refractivity contribution is -0.137. The number of amides is 1. The zero-order chi connectivity index (χ0) is 24.8. The van der Waals surface area contributed by atoms with Gasteiger partial charge in [0.05, 0.1) is 11.7 Å². The smallest absolute Gasteiger partial charge is 0.303 e. The Balaban J connectivity index is 1.76. The third kappa shape index (κ3) is 5.38. The number of rotatable bonds is 9. The molecule has 178 valence electrons. The van der Waals surface area contributed by atoms with Crippen molar-refractivity contribution in [2.45, 2.75) is 25.8 Å². The van der Waals surface area contributed by atoms with Crippen molar-refractivity contribution in [3.05, 3.63) is 94.5 Å². The molecule has 1 amide bonds. The first kappa shape index (κ1) is 23.7. The summed E-state index contributed by atoms with van der Waals surface area (Å²) in [4.78, 5) is 40.9. The van der Waals surface area contributed by atoms with E-state index in [-0.39, 0.29) is 36.4 Å². The van der Waals surface area contributed by atoms with E-state index >= 15 is 0 Å². The maximum Gasteiger partial charge on any atom is 0.303 e. The third-order valence-electron chi connectivity index (χ3n) is 5.75. The second-order valence-electron chi connectivity index (χ2n) is 8.12. The van der Waals surface area contributed by atoms with E-state index in [0.717, 1.165) is 5.56 Å². The summed E-state index contributed by atoms with van der Waals surface area (Å²) in [5.74, 6) is -1.89. The summed E-state index contributed by atoms with van der Waals surface area (Å²) in [7, 11) is 0. The molecule has 0 aliphatic heterocycles. The van der Waals surface area contributed by atoms with Gasteiger partial charge in [0.2, 0.25) is 0 Å². The van der Waals surface area contributed by atoms with E-state index in [0.29, 0.717) is 35.0 Å². The number of fused-ring (bicyclic) bond motifs is 1. The van der Waals surface area contributed by atoms with Gasteiger partial charge in [0.15, 0.2) is 11.4 Å². The van der Waals surface area contributed by atoms with Gasteiger partial charge in [-0.3, -0.25) is 14.4 Å². The predicted octanol–water partition coefficient (Wildman–Crippen LogP) is 3.61. The van der Waals surface area contributed by atoms with Gasteiger partial charge in [-0.25, -0.2) is 4.98 Å². The van der Waals surface area contributed by atoms with Crippen molar-refractivity contribution in [1.29, 1.82) is 0 Å². The fraction of sp³-hybridized carbons (Fsp3) is 0.185. The highest BCUT2D eigenvalue weighted by molar-refractivity contribution is 6.01. The highest BCUT2D eigenvalue weighted by Crippen LogP contribution is 2.30. The molecule has 4 rings (SSSR count). The number of carboxylic acids is 1. The van der Waals surface area contributed by atoms with Crippen molar-refractivity contribution < 1.29 is 19.8 Å². The van der Waals surface area contributed by atoms with Crippen LogP contribution in [-0.4, -0.2) is 38.2 Å².